The van der Waals surface area contributed by atoms with Gasteiger partial charge in [-0.2, -0.15) is 0 Å². The van der Waals surface area contributed by atoms with Crippen LogP contribution in [-0.4, -0.2) is 29.2 Å². The zero-order valence-corrected chi connectivity index (χ0v) is 12.5. The van der Waals surface area contributed by atoms with Gasteiger partial charge in [0, 0.05) is 25.6 Å². The lowest BCUT2D eigenvalue weighted by molar-refractivity contribution is 0.242. The van der Waals surface area contributed by atoms with Gasteiger partial charge in [0.1, 0.15) is 11.6 Å². The lowest BCUT2D eigenvalue weighted by atomic mass is 10.3. The Kier molecular flexibility index (Phi) is 4.79. The number of aromatic nitrogens is 2. The number of hydrogen-bond donors (Lipinski definition) is 1. The van der Waals surface area contributed by atoms with Gasteiger partial charge in [-0.15, -0.1) is 6.58 Å². The van der Waals surface area contributed by atoms with Gasteiger partial charge in [0.05, 0.1) is 17.1 Å². The molecule has 108 valence electrons. The number of imidazole rings is 1. The Bertz CT molecular complexity index is 587. The normalized spacial score (nSPS) is 11.2. The Hall–Kier alpha value is -1.81. The van der Waals surface area contributed by atoms with Crippen LogP contribution in [-0.2, 0) is 13.0 Å². The van der Waals surface area contributed by atoms with E-state index in [1.54, 1.807) is 0 Å². The molecule has 0 spiro atoms. The summed E-state index contributed by atoms with van der Waals surface area (Å²) in [5.74, 6) is 1.95. The first-order chi connectivity index (χ1) is 9.65. The number of ether oxygens (including phenoxy) is 1. The molecule has 0 aliphatic rings. The van der Waals surface area contributed by atoms with E-state index in [1.807, 2.05) is 39.1 Å². The van der Waals surface area contributed by atoms with Crippen molar-refractivity contribution >= 4 is 11.0 Å². The molecule has 0 bridgehead atoms. The van der Waals surface area contributed by atoms with Crippen LogP contribution in [0.25, 0.3) is 11.0 Å². The number of fused-ring (bicyclic) bond motifs is 1. The minimum absolute atomic E-state index is 0.173. The highest BCUT2D eigenvalue weighted by Crippen LogP contribution is 2.23. The average molecular weight is 273 g/mol. The maximum Gasteiger partial charge on any atom is 0.121 e. The summed E-state index contributed by atoms with van der Waals surface area (Å²) in [6, 6.07) is 6.09. The van der Waals surface area contributed by atoms with Gasteiger partial charge < -0.3 is 14.6 Å². The third kappa shape index (κ3) is 3.20. The maximum absolute atomic E-state index is 5.73. The van der Waals surface area contributed by atoms with Crippen LogP contribution in [0.1, 0.15) is 19.7 Å². The molecule has 1 aromatic carbocycles. The second-order valence-corrected chi connectivity index (χ2v) is 5.10. The van der Waals surface area contributed by atoms with Crippen molar-refractivity contribution in [2.24, 2.45) is 0 Å². The van der Waals surface area contributed by atoms with Crippen LogP contribution in [0.5, 0.6) is 5.75 Å². The number of nitrogens with one attached hydrogen (secondary N) is 1. The molecule has 0 saturated carbocycles. The van der Waals surface area contributed by atoms with Crippen molar-refractivity contribution < 1.29 is 4.74 Å². The standard InChI is InChI=1S/C16H23N3O/c1-5-10-19-15-7-6-13(20-12(2)3)11-14(15)18-16(19)8-9-17-4/h5-7,11-12,17H,1,8-10H2,2-4H3. The smallest absolute Gasteiger partial charge is 0.121 e. The van der Waals surface area contributed by atoms with E-state index in [9.17, 15) is 0 Å². The molecule has 0 amide bonds. The summed E-state index contributed by atoms with van der Waals surface area (Å²) >= 11 is 0. The van der Waals surface area contributed by atoms with Gasteiger partial charge in [0.25, 0.3) is 0 Å². The van der Waals surface area contributed by atoms with Gasteiger partial charge >= 0.3 is 0 Å². The topological polar surface area (TPSA) is 39.1 Å². The second-order valence-electron chi connectivity index (χ2n) is 5.10. The summed E-state index contributed by atoms with van der Waals surface area (Å²) in [5, 5.41) is 3.16. The van der Waals surface area contributed by atoms with Gasteiger partial charge in [-0.05, 0) is 33.0 Å². The summed E-state index contributed by atoms with van der Waals surface area (Å²) in [6.45, 7) is 9.58. The first kappa shape index (κ1) is 14.6. The molecule has 20 heavy (non-hydrogen) atoms. The highest BCUT2D eigenvalue weighted by Gasteiger charge is 2.10. The molecule has 0 radical (unpaired) electrons. The number of nitrogens with zero attached hydrogens (tertiary/aromatic N) is 2. The van der Waals surface area contributed by atoms with Gasteiger partial charge in [0.15, 0.2) is 0 Å². The van der Waals surface area contributed by atoms with Crippen LogP contribution in [0.3, 0.4) is 0 Å². The molecule has 0 fully saturated rings. The average Bonchev–Trinajstić information content (AvgIpc) is 2.73. The van der Waals surface area contributed by atoms with Crippen LogP contribution >= 0.6 is 0 Å². The zero-order valence-electron chi connectivity index (χ0n) is 12.5. The fraction of sp³-hybridized carbons (Fsp3) is 0.438. The number of allylic oxidation sites excluding steroid dienone is 1. The molecule has 0 aliphatic heterocycles. The van der Waals surface area contributed by atoms with Crippen molar-refractivity contribution in [1.82, 2.24) is 14.9 Å². The number of likely N-dealkylation sites (N-methyl/N-ethyl adjacent to an activating group) is 1. The Morgan fingerprint density at radius 3 is 2.90 bits per heavy atom. The Morgan fingerprint density at radius 1 is 1.45 bits per heavy atom. The quantitative estimate of drug-likeness (QED) is 0.788. The van der Waals surface area contributed by atoms with Crippen LogP contribution in [0.4, 0.5) is 0 Å². The number of benzene rings is 1. The van der Waals surface area contributed by atoms with Crippen molar-refractivity contribution in [1.29, 1.82) is 0 Å². The summed E-state index contributed by atoms with van der Waals surface area (Å²) in [4.78, 5) is 4.73. The summed E-state index contributed by atoms with van der Waals surface area (Å²) in [6.07, 6.45) is 2.98. The molecule has 0 unspecified atom stereocenters. The van der Waals surface area contributed by atoms with Gasteiger partial charge in [-0.25, -0.2) is 4.98 Å². The van der Waals surface area contributed by atoms with E-state index in [-0.39, 0.29) is 6.10 Å². The zero-order chi connectivity index (χ0) is 14.5. The monoisotopic (exact) mass is 273 g/mol. The fourth-order valence-electron chi connectivity index (χ4n) is 2.27. The van der Waals surface area contributed by atoms with Crippen molar-refractivity contribution in [2.45, 2.75) is 32.9 Å². The summed E-state index contributed by atoms with van der Waals surface area (Å²) in [7, 11) is 1.95. The molecule has 1 N–H and O–H groups in total. The molecule has 0 saturated heterocycles. The first-order valence-corrected chi connectivity index (χ1v) is 7.07. The minimum atomic E-state index is 0.173. The van der Waals surface area contributed by atoms with Crippen LogP contribution in [0.15, 0.2) is 30.9 Å². The maximum atomic E-state index is 5.73. The molecular weight excluding hydrogens is 250 g/mol. The van der Waals surface area contributed by atoms with Crippen molar-refractivity contribution in [3.05, 3.63) is 36.7 Å². The molecule has 2 aromatic rings. The largest absolute Gasteiger partial charge is 0.491 e. The van der Waals surface area contributed by atoms with Gasteiger partial charge in [-0.3, -0.25) is 0 Å². The molecule has 1 heterocycles. The molecule has 1 aromatic heterocycles. The van der Waals surface area contributed by atoms with E-state index in [2.05, 4.69) is 22.5 Å². The van der Waals surface area contributed by atoms with Gasteiger partial charge in [-0.1, -0.05) is 6.08 Å². The molecule has 4 nitrogen and oxygen atoms in total. The number of hydrogen-bond acceptors (Lipinski definition) is 3. The molecule has 2 rings (SSSR count). The predicted octanol–water partition coefficient (Wildman–Crippen LogP) is 2.77. The Labute approximate surface area is 120 Å². The molecular formula is C16H23N3O. The fourth-order valence-corrected chi connectivity index (χ4v) is 2.27. The predicted molar refractivity (Wildman–Crippen MR) is 83.3 cm³/mol. The highest BCUT2D eigenvalue weighted by atomic mass is 16.5. The molecule has 4 heteroatoms. The van der Waals surface area contributed by atoms with Crippen molar-refractivity contribution in [3.8, 4) is 5.75 Å². The van der Waals surface area contributed by atoms with Gasteiger partial charge in [0.2, 0.25) is 0 Å². The lowest BCUT2D eigenvalue weighted by Gasteiger charge is -2.09. The van der Waals surface area contributed by atoms with Crippen molar-refractivity contribution in [2.75, 3.05) is 13.6 Å². The van der Waals surface area contributed by atoms with E-state index in [4.69, 9.17) is 9.72 Å². The van der Waals surface area contributed by atoms with E-state index in [0.717, 1.165) is 42.1 Å². The minimum Gasteiger partial charge on any atom is -0.491 e. The van der Waals surface area contributed by atoms with E-state index >= 15 is 0 Å². The Morgan fingerprint density at radius 2 is 2.25 bits per heavy atom. The molecule has 0 atom stereocenters. The second kappa shape index (κ2) is 6.57. The van der Waals surface area contributed by atoms with E-state index < -0.39 is 0 Å². The third-order valence-electron chi connectivity index (χ3n) is 3.08. The first-order valence-electron chi connectivity index (χ1n) is 7.07. The molecule has 0 aliphatic carbocycles. The van der Waals surface area contributed by atoms with Crippen LogP contribution in [0, 0.1) is 0 Å². The summed E-state index contributed by atoms with van der Waals surface area (Å²) < 4.78 is 7.94. The highest BCUT2D eigenvalue weighted by molar-refractivity contribution is 5.78. The van der Waals surface area contributed by atoms with E-state index in [0.29, 0.717) is 0 Å². The SMILES string of the molecule is C=CCn1c(CCNC)nc2cc(OC(C)C)ccc21. The van der Waals surface area contributed by atoms with Crippen molar-refractivity contribution in [3.63, 3.8) is 0 Å². The van der Waals surface area contributed by atoms with Crippen LogP contribution < -0.4 is 10.1 Å². The summed E-state index contributed by atoms with van der Waals surface area (Å²) in [5.41, 5.74) is 2.11. The third-order valence-corrected chi connectivity index (χ3v) is 3.08. The number of rotatable bonds is 7. The van der Waals surface area contributed by atoms with Crippen LogP contribution in [0.2, 0.25) is 0 Å². The van der Waals surface area contributed by atoms with E-state index in [1.165, 1.54) is 0 Å². The lowest BCUT2D eigenvalue weighted by Crippen LogP contribution is -2.13. The Balaban J connectivity index is 2.40.